The average Bonchev–Trinajstić information content (AvgIpc) is 3.46. The number of hydrogen-bond acceptors (Lipinski definition) is 6. The van der Waals surface area contributed by atoms with Crippen LogP contribution in [0.15, 0.2) is 23.4 Å². The average molecular weight is 462 g/mol. The van der Waals surface area contributed by atoms with Crippen molar-refractivity contribution in [1.82, 2.24) is 14.8 Å². The number of aromatic nitrogens is 3. The van der Waals surface area contributed by atoms with Crippen molar-refractivity contribution in [2.75, 3.05) is 42.3 Å². The topological polar surface area (TPSA) is 72.3 Å². The van der Waals surface area contributed by atoms with Crippen molar-refractivity contribution in [2.45, 2.75) is 30.2 Å². The lowest BCUT2D eigenvalue weighted by molar-refractivity contribution is -0.137. The first-order valence-electron chi connectivity index (χ1n) is 9.40. The maximum Gasteiger partial charge on any atom is 0.416 e. The molecule has 1 aromatic carbocycles. The molecule has 1 aliphatic carbocycles. The molecule has 2 fully saturated rings. The van der Waals surface area contributed by atoms with Gasteiger partial charge in [-0.1, -0.05) is 23.4 Å². The summed E-state index contributed by atoms with van der Waals surface area (Å²) < 4.78 is 46.1. The second-order valence-electron chi connectivity index (χ2n) is 7.01. The highest BCUT2D eigenvalue weighted by Gasteiger charge is 2.33. The van der Waals surface area contributed by atoms with E-state index in [2.05, 4.69) is 20.4 Å². The summed E-state index contributed by atoms with van der Waals surface area (Å²) in [6.45, 7) is 2.70. The van der Waals surface area contributed by atoms with Gasteiger partial charge in [0.2, 0.25) is 11.9 Å². The minimum atomic E-state index is -4.52. The summed E-state index contributed by atoms with van der Waals surface area (Å²) in [6, 6.07) is 3.12. The summed E-state index contributed by atoms with van der Waals surface area (Å²) >= 11 is 7.14. The van der Waals surface area contributed by atoms with E-state index in [1.165, 1.54) is 11.8 Å². The molecule has 1 saturated carbocycles. The molecule has 7 nitrogen and oxygen atoms in total. The van der Waals surface area contributed by atoms with E-state index in [1.54, 1.807) is 0 Å². The van der Waals surface area contributed by atoms with Gasteiger partial charge in [0.05, 0.1) is 35.2 Å². The molecule has 162 valence electrons. The first-order chi connectivity index (χ1) is 14.3. The largest absolute Gasteiger partial charge is 0.416 e. The Morgan fingerprint density at radius 3 is 2.67 bits per heavy atom. The van der Waals surface area contributed by atoms with Crippen molar-refractivity contribution in [1.29, 1.82) is 0 Å². The van der Waals surface area contributed by atoms with E-state index in [9.17, 15) is 18.0 Å². The molecule has 1 N–H and O–H groups in total. The fourth-order valence-corrected chi connectivity index (χ4v) is 4.08. The van der Waals surface area contributed by atoms with Crippen LogP contribution in [0.4, 0.5) is 24.8 Å². The van der Waals surface area contributed by atoms with Crippen LogP contribution in [-0.2, 0) is 15.7 Å². The molecule has 4 rings (SSSR count). The maximum absolute atomic E-state index is 12.9. The van der Waals surface area contributed by atoms with Crippen LogP contribution in [0.1, 0.15) is 24.4 Å². The van der Waals surface area contributed by atoms with E-state index >= 15 is 0 Å². The molecule has 30 heavy (non-hydrogen) atoms. The van der Waals surface area contributed by atoms with E-state index in [4.69, 9.17) is 16.3 Å². The molecular formula is C18H19ClF3N5O2S. The molecule has 0 bridgehead atoms. The van der Waals surface area contributed by atoms with Gasteiger partial charge in [-0.15, -0.1) is 10.2 Å². The molecule has 0 unspecified atom stereocenters. The van der Waals surface area contributed by atoms with E-state index in [-0.39, 0.29) is 16.5 Å². The van der Waals surface area contributed by atoms with Gasteiger partial charge in [0.15, 0.2) is 5.16 Å². The van der Waals surface area contributed by atoms with Gasteiger partial charge in [-0.3, -0.25) is 9.36 Å². The molecule has 1 amide bonds. The smallest absolute Gasteiger partial charge is 0.378 e. The highest BCUT2D eigenvalue weighted by molar-refractivity contribution is 7.99. The van der Waals surface area contributed by atoms with Crippen LogP contribution >= 0.6 is 23.4 Å². The fourth-order valence-electron chi connectivity index (χ4n) is 3.11. The molecular weight excluding hydrogens is 443 g/mol. The predicted molar refractivity (Wildman–Crippen MR) is 107 cm³/mol. The van der Waals surface area contributed by atoms with Gasteiger partial charge in [-0.05, 0) is 31.0 Å². The number of nitrogens with zero attached hydrogens (tertiary/aromatic N) is 4. The predicted octanol–water partition coefficient (Wildman–Crippen LogP) is 3.85. The van der Waals surface area contributed by atoms with Gasteiger partial charge >= 0.3 is 6.18 Å². The second-order valence-corrected chi connectivity index (χ2v) is 8.36. The summed E-state index contributed by atoms with van der Waals surface area (Å²) in [6.07, 6.45) is -2.47. The number of carbonyl (C=O) groups excluding carboxylic acids is 1. The highest BCUT2D eigenvalue weighted by Crippen LogP contribution is 2.41. The van der Waals surface area contributed by atoms with Crippen molar-refractivity contribution in [3.8, 4) is 0 Å². The van der Waals surface area contributed by atoms with Crippen LogP contribution in [0.25, 0.3) is 0 Å². The maximum atomic E-state index is 12.9. The quantitative estimate of drug-likeness (QED) is 0.659. The molecule has 2 heterocycles. The number of alkyl halides is 3. The number of benzene rings is 1. The van der Waals surface area contributed by atoms with E-state index in [1.807, 2.05) is 4.57 Å². The number of hydrogen-bond donors (Lipinski definition) is 1. The molecule has 2 aromatic rings. The van der Waals surface area contributed by atoms with Crippen LogP contribution in [0.5, 0.6) is 0 Å². The van der Waals surface area contributed by atoms with Gasteiger partial charge in [0, 0.05) is 19.1 Å². The molecule has 0 atom stereocenters. The summed E-state index contributed by atoms with van der Waals surface area (Å²) in [5.74, 6) is 0.268. The Bertz CT molecular complexity index is 929. The van der Waals surface area contributed by atoms with Crippen molar-refractivity contribution < 1.29 is 22.7 Å². The third kappa shape index (κ3) is 4.84. The minimum Gasteiger partial charge on any atom is -0.378 e. The summed E-state index contributed by atoms with van der Waals surface area (Å²) in [7, 11) is 0. The van der Waals surface area contributed by atoms with Crippen LogP contribution in [0.2, 0.25) is 5.02 Å². The van der Waals surface area contributed by atoms with Crippen LogP contribution in [0.3, 0.4) is 0 Å². The van der Waals surface area contributed by atoms with E-state index in [0.29, 0.717) is 24.4 Å². The zero-order valence-corrected chi connectivity index (χ0v) is 17.4. The fraction of sp³-hybridized carbons (Fsp3) is 0.500. The number of nitrogens with one attached hydrogen (secondary N) is 1. The Morgan fingerprint density at radius 2 is 2.00 bits per heavy atom. The van der Waals surface area contributed by atoms with Crippen molar-refractivity contribution in [2.24, 2.45) is 0 Å². The normalized spacial score (nSPS) is 17.3. The monoisotopic (exact) mass is 461 g/mol. The Morgan fingerprint density at radius 1 is 1.27 bits per heavy atom. The number of thioether (sulfide) groups is 1. The minimum absolute atomic E-state index is 0.0272. The molecule has 2 aliphatic rings. The Kier molecular flexibility index (Phi) is 6.12. The first-order valence-corrected chi connectivity index (χ1v) is 10.8. The SMILES string of the molecule is O=C(CSc1nnc(N2CCOCC2)n1C1CC1)Nc1cc(C(F)(F)F)ccc1Cl. The Labute approximate surface area is 179 Å². The Balaban J connectivity index is 1.43. The van der Waals surface area contributed by atoms with Crippen molar-refractivity contribution in [3.63, 3.8) is 0 Å². The number of halogens is 4. The Hall–Kier alpha value is -1.98. The number of amides is 1. The molecule has 1 saturated heterocycles. The standard InChI is InChI=1S/C18H19ClF3N5O2S/c19-13-4-1-11(18(20,21)22)9-14(13)23-15(28)10-30-17-25-24-16(27(17)12-2-3-12)26-5-7-29-8-6-26/h1,4,9,12H,2-3,5-8,10H2,(H,23,28). The second kappa shape index (κ2) is 8.64. The number of morpholine rings is 1. The third-order valence-electron chi connectivity index (χ3n) is 4.75. The lowest BCUT2D eigenvalue weighted by atomic mass is 10.2. The van der Waals surface area contributed by atoms with Crippen molar-refractivity contribution >= 4 is 40.9 Å². The van der Waals surface area contributed by atoms with Crippen LogP contribution in [-0.4, -0.2) is 52.7 Å². The lowest BCUT2D eigenvalue weighted by Gasteiger charge is -2.27. The van der Waals surface area contributed by atoms with Gasteiger partial charge in [0.25, 0.3) is 0 Å². The molecule has 0 radical (unpaired) electrons. The first kappa shape index (κ1) is 21.3. The molecule has 0 spiro atoms. The third-order valence-corrected chi connectivity index (χ3v) is 6.03. The number of carbonyl (C=O) groups is 1. The van der Waals surface area contributed by atoms with Gasteiger partial charge in [-0.25, -0.2) is 0 Å². The summed E-state index contributed by atoms with van der Waals surface area (Å²) in [5.41, 5.74) is -0.951. The zero-order valence-electron chi connectivity index (χ0n) is 15.8. The van der Waals surface area contributed by atoms with Crippen LogP contribution in [0, 0.1) is 0 Å². The highest BCUT2D eigenvalue weighted by atomic mass is 35.5. The van der Waals surface area contributed by atoms with Gasteiger partial charge in [-0.2, -0.15) is 13.2 Å². The number of rotatable bonds is 6. The summed E-state index contributed by atoms with van der Waals surface area (Å²) in [5, 5.41) is 11.6. The lowest BCUT2D eigenvalue weighted by Crippen LogP contribution is -2.38. The zero-order chi connectivity index (χ0) is 21.3. The van der Waals surface area contributed by atoms with Crippen molar-refractivity contribution in [3.05, 3.63) is 28.8 Å². The number of anilines is 2. The summed E-state index contributed by atoms with van der Waals surface area (Å²) in [4.78, 5) is 14.5. The molecule has 12 heteroatoms. The van der Waals surface area contributed by atoms with E-state index < -0.39 is 17.6 Å². The van der Waals surface area contributed by atoms with Gasteiger partial charge in [0.1, 0.15) is 0 Å². The molecule has 1 aliphatic heterocycles. The van der Waals surface area contributed by atoms with Crippen LogP contribution < -0.4 is 10.2 Å². The van der Waals surface area contributed by atoms with E-state index in [0.717, 1.165) is 50.1 Å². The number of ether oxygens (including phenoxy) is 1. The molecule has 1 aromatic heterocycles. The van der Waals surface area contributed by atoms with Gasteiger partial charge < -0.3 is 15.0 Å².